The van der Waals surface area contributed by atoms with E-state index in [1.807, 2.05) is 36.0 Å². The Kier molecular flexibility index (Phi) is 12.5. The molecule has 0 spiro atoms. The minimum absolute atomic E-state index is 0.0446. The fraction of sp³-hybridized carbons (Fsp3) is 0.581. The number of carbonyl (C=O) groups excluding carboxylic acids is 1. The first-order valence-corrected chi connectivity index (χ1v) is 14.7. The molecule has 5 heteroatoms. The van der Waals surface area contributed by atoms with Crippen molar-refractivity contribution in [1.82, 2.24) is 0 Å². The highest BCUT2D eigenvalue weighted by atomic mass is 32.2. The standard InChI is InChI=1S/C31H44O4S/c1-4-5-6-7-8-9-10-11-12-13-31(32)35-28-22-29(24-14-18-26(33-2)19-15-24)36-30(23-28)25-16-20-27(34-3)21-17-25/h14-21,28-30H,4-13,22-23H2,1-3H3. The second-order valence-electron chi connectivity index (χ2n) is 9.82. The van der Waals surface area contributed by atoms with Crippen LogP contribution in [-0.4, -0.2) is 26.3 Å². The van der Waals surface area contributed by atoms with E-state index < -0.39 is 0 Å². The molecule has 0 bridgehead atoms. The summed E-state index contributed by atoms with van der Waals surface area (Å²) in [6.07, 6.45) is 13.4. The van der Waals surface area contributed by atoms with E-state index in [1.165, 1.54) is 56.1 Å². The lowest BCUT2D eigenvalue weighted by Gasteiger charge is -2.35. The molecule has 3 rings (SSSR count). The van der Waals surface area contributed by atoms with Gasteiger partial charge in [-0.1, -0.05) is 82.6 Å². The molecule has 1 saturated heterocycles. The number of unbranched alkanes of at least 4 members (excludes halogenated alkanes) is 8. The minimum Gasteiger partial charge on any atom is -0.497 e. The lowest BCUT2D eigenvalue weighted by atomic mass is 9.98. The molecule has 2 aromatic rings. The first-order chi connectivity index (χ1) is 17.6. The van der Waals surface area contributed by atoms with Crippen LogP contribution in [-0.2, 0) is 9.53 Å². The Morgan fingerprint density at radius 3 is 1.61 bits per heavy atom. The molecule has 198 valence electrons. The Balaban J connectivity index is 1.53. The molecule has 1 aliphatic rings. The third kappa shape index (κ3) is 9.38. The molecule has 36 heavy (non-hydrogen) atoms. The molecule has 0 aliphatic carbocycles. The van der Waals surface area contributed by atoms with Gasteiger partial charge in [-0.15, -0.1) is 11.8 Å². The van der Waals surface area contributed by atoms with Gasteiger partial charge in [0.1, 0.15) is 17.6 Å². The summed E-state index contributed by atoms with van der Waals surface area (Å²) in [6, 6.07) is 16.6. The van der Waals surface area contributed by atoms with Gasteiger partial charge in [0.25, 0.3) is 0 Å². The topological polar surface area (TPSA) is 44.8 Å². The average molecular weight is 513 g/mol. The number of esters is 1. The SMILES string of the molecule is CCCCCCCCCCCC(=O)OC1CC(c2ccc(OC)cc2)SC(c2ccc(OC)cc2)C1. The highest BCUT2D eigenvalue weighted by Crippen LogP contribution is 2.51. The van der Waals surface area contributed by atoms with Crippen molar-refractivity contribution in [3.8, 4) is 11.5 Å². The zero-order valence-corrected chi connectivity index (χ0v) is 23.2. The van der Waals surface area contributed by atoms with E-state index >= 15 is 0 Å². The third-order valence-electron chi connectivity index (χ3n) is 7.04. The normalized spacial score (nSPS) is 19.6. The first kappa shape index (κ1) is 28.4. The number of thioether (sulfide) groups is 1. The molecular weight excluding hydrogens is 468 g/mol. The van der Waals surface area contributed by atoms with Crippen molar-refractivity contribution in [2.24, 2.45) is 0 Å². The number of methoxy groups -OCH3 is 2. The quantitative estimate of drug-likeness (QED) is 0.176. The summed E-state index contributed by atoms with van der Waals surface area (Å²) in [5.41, 5.74) is 2.50. The fourth-order valence-corrected chi connectivity index (χ4v) is 6.55. The maximum absolute atomic E-state index is 12.7. The number of hydrogen-bond acceptors (Lipinski definition) is 5. The van der Waals surface area contributed by atoms with E-state index in [0.29, 0.717) is 6.42 Å². The highest BCUT2D eigenvalue weighted by Gasteiger charge is 2.33. The summed E-state index contributed by atoms with van der Waals surface area (Å²) < 4.78 is 16.7. The van der Waals surface area contributed by atoms with Crippen LogP contribution in [0, 0.1) is 0 Å². The van der Waals surface area contributed by atoms with Crippen molar-refractivity contribution in [2.45, 2.75) is 101 Å². The van der Waals surface area contributed by atoms with Gasteiger partial charge < -0.3 is 14.2 Å². The Morgan fingerprint density at radius 2 is 1.17 bits per heavy atom. The molecule has 1 heterocycles. The van der Waals surface area contributed by atoms with Crippen molar-refractivity contribution in [1.29, 1.82) is 0 Å². The van der Waals surface area contributed by atoms with Crippen molar-refractivity contribution in [3.05, 3.63) is 59.7 Å². The van der Waals surface area contributed by atoms with Gasteiger partial charge in [-0.05, 0) is 41.8 Å². The van der Waals surface area contributed by atoms with E-state index in [-0.39, 0.29) is 22.6 Å². The largest absolute Gasteiger partial charge is 0.497 e. The first-order valence-electron chi connectivity index (χ1n) is 13.8. The molecule has 0 N–H and O–H groups in total. The maximum Gasteiger partial charge on any atom is 0.306 e. The molecule has 4 nitrogen and oxygen atoms in total. The zero-order valence-electron chi connectivity index (χ0n) is 22.4. The lowest BCUT2D eigenvalue weighted by molar-refractivity contribution is -0.150. The third-order valence-corrected chi connectivity index (χ3v) is 8.63. The van der Waals surface area contributed by atoms with Gasteiger partial charge in [-0.25, -0.2) is 0 Å². The Labute approximate surface area is 222 Å². The van der Waals surface area contributed by atoms with Crippen molar-refractivity contribution in [2.75, 3.05) is 14.2 Å². The fourth-order valence-electron chi connectivity index (χ4n) is 4.87. The van der Waals surface area contributed by atoms with E-state index in [0.717, 1.165) is 37.2 Å². The van der Waals surface area contributed by atoms with Crippen LogP contribution in [0.15, 0.2) is 48.5 Å². The number of carbonyl (C=O) groups is 1. The van der Waals surface area contributed by atoms with E-state index in [1.54, 1.807) is 14.2 Å². The summed E-state index contributed by atoms with van der Waals surface area (Å²) in [4.78, 5) is 12.7. The minimum atomic E-state index is -0.0727. The number of rotatable bonds is 15. The van der Waals surface area contributed by atoms with Gasteiger partial charge in [0.2, 0.25) is 0 Å². The van der Waals surface area contributed by atoms with Gasteiger partial charge in [0.05, 0.1) is 14.2 Å². The second kappa shape index (κ2) is 15.9. The molecule has 2 aromatic carbocycles. The highest BCUT2D eigenvalue weighted by molar-refractivity contribution is 7.99. The van der Waals surface area contributed by atoms with Gasteiger partial charge in [-0.3, -0.25) is 4.79 Å². The number of benzene rings is 2. The summed E-state index contributed by atoms with van der Waals surface area (Å²) in [5.74, 6) is 1.67. The summed E-state index contributed by atoms with van der Waals surface area (Å²) in [6.45, 7) is 2.25. The van der Waals surface area contributed by atoms with Crippen molar-refractivity contribution < 1.29 is 19.0 Å². The van der Waals surface area contributed by atoms with Crippen LogP contribution in [0.5, 0.6) is 11.5 Å². The lowest BCUT2D eigenvalue weighted by Crippen LogP contribution is -2.26. The summed E-state index contributed by atoms with van der Waals surface area (Å²) in [7, 11) is 3.38. The number of ether oxygens (including phenoxy) is 3. The van der Waals surface area contributed by atoms with Gasteiger partial charge >= 0.3 is 5.97 Å². The van der Waals surface area contributed by atoms with Crippen LogP contribution in [0.2, 0.25) is 0 Å². The van der Waals surface area contributed by atoms with Gasteiger partial charge in [0, 0.05) is 29.8 Å². The van der Waals surface area contributed by atoms with Crippen LogP contribution in [0.1, 0.15) is 106 Å². The second-order valence-corrected chi connectivity index (χ2v) is 11.2. The van der Waals surface area contributed by atoms with Crippen LogP contribution in [0.3, 0.4) is 0 Å². The van der Waals surface area contributed by atoms with Crippen LogP contribution in [0.4, 0.5) is 0 Å². The van der Waals surface area contributed by atoms with Gasteiger partial charge in [-0.2, -0.15) is 0 Å². The molecule has 0 radical (unpaired) electrons. The molecule has 1 fully saturated rings. The zero-order chi connectivity index (χ0) is 25.6. The Hall–Kier alpha value is -2.14. The molecule has 0 aromatic heterocycles. The molecule has 0 saturated carbocycles. The Morgan fingerprint density at radius 1 is 0.722 bits per heavy atom. The van der Waals surface area contributed by atoms with Gasteiger partial charge in [0.15, 0.2) is 0 Å². The number of hydrogen-bond donors (Lipinski definition) is 0. The predicted octanol–water partition coefficient (Wildman–Crippen LogP) is 8.85. The van der Waals surface area contributed by atoms with Crippen LogP contribution in [0.25, 0.3) is 0 Å². The maximum atomic E-state index is 12.7. The molecule has 2 atom stereocenters. The van der Waals surface area contributed by atoms with E-state index in [4.69, 9.17) is 14.2 Å². The molecular formula is C31H44O4S. The molecule has 1 aliphatic heterocycles. The monoisotopic (exact) mass is 512 g/mol. The molecule has 0 amide bonds. The smallest absolute Gasteiger partial charge is 0.306 e. The van der Waals surface area contributed by atoms with Crippen LogP contribution < -0.4 is 9.47 Å². The van der Waals surface area contributed by atoms with Crippen LogP contribution >= 0.6 is 11.8 Å². The van der Waals surface area contributed by atoms with Crippen molar-refractivity contribution >= 4 is 17.7 Å². The predicted molar refractivity (Wildman–Crippen MR) is 150 cm³/mol. The average Bonchev–Trinajstić information content (AvgIpc) is 2.92. The van der Waals surface area contributed by atoms with E-state index in [2.05, 4.69) is 31.2 Å². The van der Waals surface area contributed by atoms with E-state index in [9.17, 15) is 4.79 Å². The summed E-state index contributed by atoms with van der Waals surface area (Å²) >= 11 is 1.96. The van der Waals surface area contributed by atoms with Crippen molar-refractivity contribution in [3.63, 3.8) is 0 Å². The Bertz CT molecular complexity index is 825. The molecule has 2 unspecified atom stereocenters. The summed E-state index contributed by atoms with van der Waals surface area (Å²) in [5, 5.41) is 0.532.